The standard InChI is InChI=1S/C26H35N5O5/c1-25(2,3)36-24(33)31-13-12-30(16-26(31,4)5)23(32)18(27)15-22-28-11-10-19(29-22)17-8-9-20(34-6)21(14-17)35-7/h8-11,14-15H,12-13,16,27H2,1-7H3/b18-15-. The van der Waals surface area contributed by atoms with Crippen LogP contribution in [0.4, 0.5) is 4.79 Å². The lowest BCUT2D eigenvalue weighted by molar-refractivity contribution is -0.132. The summed E-state index contributed by atoms with van der Waals surface area (Å²) in [5.74, 6) is 1.15. The van der Waals surface area contributed by atoms with Crippen molar-refractivity contribution in [1.29, 1.82) is 0 Å². The second kappa shape index (κ2) is 10.4. The molecule has 10 heteroatoms. The van der Waals surface area contributed by atoms with Crippen molar-refractivity contribution < 1.29 is 23.8 Å². The molecule has 2 aromatic rings. The Morgan fingerprint density at radius 2 is 1.78 bits per heavy atom. The summed E-state index contributed by atoms with van der Waals surface area (Å²) in [6.07, 6.45) is 2.66. The molecule has 2 N–H and O–H groups in total. The first kappa shape index (κ1) is 26.8. The molecular weight excluding hydrogens is 462 g/mol. The number of aromatic nitrogens is 2. The van der Waals surface area contributed by atoms with Crippen molar-refractivity contribution in [3.05, 3.63) is 42.0 Å². The summed E-state index contributed by atoms with van der Waals surface area (Å²) in [4.78, 5) is 37.8. The molecule has 0 atom stereocenters. The Kier molecular flexibility index (Phi) is 7.76. The minimum atomic E-state index is -0.625. The first-order valence-corrected chi connectivity index (χ1v) is 11.7. The van der Waals surface area contributed by atoms with Crippen molar-refractivity contribution in [1.82, 2.24) is 19.8 Å². The quantitative estimate of drug-likeness (QED) is 0.625. The fraction of sp³-hybridized carbons (Fsp3) is 0.462. The van der Waals surface area contributed by atoms with Gasteiger partial charge < -0.3 is 24.8 Å². The highest BCUT2D eigenvalue weighted by Gasteiger charge is 2.40. The smallest absolute Gasteiger partial charge is 0.410 e. The molecule has 0 unspecified atom stereocenters. The third-order valence-corrected chi connectivity index (χ3v) is 5.69. The number of carbonyl (C=O) groups is 2. The maximum absolute atomic E-state index is 13.1. The zero-order valence-electron chi connectivity index (χ0n) is 22.0. The van der Waals surface area contributed by atoms with Crippen LogP contribution in [0.15, 0.2) is 36.2 Å². The fourth-order valence-corrected chi connectivity index (χ4v) is 3.97. The van der Waals surface area contributed by atoms with Gasteiger partial charge in [0.1, 0.15) is 11.3 Å². The zero-order chi connectivity index (χ0) is 26.7. The highest BCUT2D eigenvalue weighted by Crippen LogP contribution is 2.31. The molecule has 0 aliphatic carbocycles. The van der Waals surface area contributed by atoms with E-state index in [-0.39, 0.29) is 11.6 Å². The molecule has 1 fully saturated rings. The molecule has 1 aromatic heterocycles. The van der Waals surface area contributed by atoms with Crippen molar-refractivity contribution in [2.75, 3.05) is 33.9 Å². The lowest BCUT2D eigenvalue weighted by atomic mass is 9.99. The Morgan fingerprint density at radius 1 is 1.08 bits per heavy atom. The average molecular weight is 498 g/mol. The minimum absolute atomic E-state index is 0.0148. The van der Waals surface area contributed by atoms with Gasteiger partial charge in [0.2, 0.25) is 0 Å². The summed E-state index contributed by atoms with van der Waals surface area (Å²) in [7, 11) is 3.14. The van der Waals surface area contributed by atoms with Gasteiger partial charge in [-0.1, -0.05) is 0 Å². The van der Waals surface area contributed by atoms with Crippen molar-refractivity contribution in [3.8, 4) is 22.8 Å². The van der Waals surface area contributed by atoms with Crippen molar-refractivity contribution >= 4 is 18.1 Å². The van der Waals surface area contributed by atoms with E-state index in [9.17, 15) is 9.59 Å². The van der Waals surface area contributed by atoms with E-state index in [4.69, 9.17) is 19.9 Å². The van der Waals surface area contributed by atoms with E-state index >= 15 is 0 Å². The predicted octanol–water partition coefficient (Wildman–Crippen LogP) is 3.32. The SMILES string of the molecule is COc1ccc(-c2ccnc(/C=C(\N)C(=O)N3CCN(C(=O)OC(C)(C)C)C(C)(C)C3)n2)cc1OC. The Balaban J connectivity index is 1.75. The van der Waals surface area contributed by atoms with E-state index in [1.165, 1.54) is 6.08 Å². The number of methoxy groups -OCH3 is 2. The van der Waals surface area contributed by atoms with E-state index in [1.54, 1.807) is 42.3 Å². The first-order valence-electron chi connectivity index (χ1n) is 11.7. The van der Waals surface area contributed by atoms with Gasteiger partial charge in [0.05, 0.1) is 25.5 Å². The van der Waals surface area contributed by atoms with Crippen LogP contribution >= 0.6 is 0 Å². The van der Waals surface area contributed by atoms with E-state index < -0.39 is 17.2 Å². The third-order valence-electron chi connectivity index (χ3n) is 5.69. The van der Waals surface area contributed by atoms with Crippen molar-refractivity contribution in [2.24, 2.45) is 5.73 Å². The number of ether oxygens (including phenoxy) is 3. The molecule has 0 saturated carbocycles. The highest BCUT2D eigenvalue weighted by atomic mass is 16.6. The Bertz CT molecular complexity index is 1160. The first-order chi connectivity index (χ1) is 16.8. The molecule has 1 aliphatic heterocycles. The third kappa shape index (κ3) is 6.24. The highest BCUT2D eigenvalue weighted by molar-refractivity contribution is 5.96. The molecule has 2 heterocycles. The maximum Gasteiger partial charge on any atom is 0.410 e. The number of hydrogen-bond donors (Lipinski definition) is 1. The Hall–Kier alpha value is -3.82. The molecule has 3 rings (SSSR count). The number of piperazine rings is 1. The summed E-state index contributed by atoms with van der Waals surface area (Å²) in [6, 6.07) is 7.23. The molecule has 0 radical (unpaired) electrons. The normalized spacial score (nSPS) is 15.9. The number of nitrogens with two attached hydrogens (primary N) is 1. The summed E-state index contributed by atoms with van der Waals surface area (Å²) in [6.45, 7) is 10.3. The molecule has 0 spiro atoms. The summed E-state index contributed by atoms with van der Waals surface area (Å²) >= 11 is 0. The van der Waals surface area contributed by atoms with Gasteiger partial charge in [0.15, 0.2) is 17.3 Å². The number of benzene rings is 1. The molecule has 2 amide bonds. The van der Waals surface area contributed by atoms with Gasteiger partial charge in [-0.3, -0.25) is 9.69 Å². The van der Waals surface area contributed by atoms with Gasteiger partial charge in [-0.25, -0.2) is 14.8 Å². The van der Waals surface area contributed by atoms with Gasteiger partial charge in [0.25, 0.3) is 5.91 Å². The van der Waals surface area contributed by atoms with E-state index in [2.05, 4.69) is 9.97 Å². The fourth-order valence-electron chi connectivity index (χ4n) is 3.97. The van der Waals surface area contributed by atoms with Crippen LogP contribution in [0.3, 0.4) is 0 Å². The van der Waals surface area contributed by atoms with Crippen molar-refractivity contribution in [2.45, 2.75) is 45.8 Å². The largest absolute Gasteiger partial charge is 0.493 e. The van der Waals surface area contributed by atoms with Crippen molar-refractivity contribution in [3.63, 3.8) is 0 Å². The van der Waals surface area contributed by atoms with Crippen LogP contribution < -0.4 is 15.2 Å². The molecule has 1 aliphatic rings. The van der Waals surface area contributed by atoms with Gasteiger partial charge in [-0.15, -0.1) is 0 Å². The topological polar surface area (TPSA) is 120 Å². The predicted molar refractivity (Wildman–Crippen MR) is 136 cm³/mol. The molecule has 1 aromatic carbocycles. The van der Waals surface area contributed by atoms with Gasteiger partial charge in [-0.2, -0.15) is 0 Å². The van der Waals surface area contributed by atoms with Gasteiger partial charge in [0, 0.05) is 37.5 Å². The molecule has 10 nitrogen and oxygen atoms in total. The molecular formula is C26H35N5O5. The lowest BCUT2D eigenvalue weighted by Crippen LogP contribution is -2.63. The Morgan fingerprint density at radius 3 is 2.39 bits per heavy atom. The molecule has 194 valence electrons. The van der Waals surface area contributed by atoms with E-state index in [0.29, 0.717) is 42.7 Å². The lowest BCUT2D eigenvalue weighted by Gasteiger charge is -2.46. The van der Waals surface area contributed by atoms with Crippen LogP contribution in [0.2, 0.25) is 0 Å². The number of carbonyl (C=O) groups excluding carboxylic acids is 2. The van der Waals surface area contributed by atoms with Gasteiger partial charge in [-0.05, 0) is 58.9 Å². The van der Waals surface area contributed by atoms with E-state index in [1.807, 2.05) is 46.8 Å². The number of amides is 2. The zero-order valence-corrected chi connectivity index (χ0v) is 22.0. The van der Waals surface area contributed by atoms with Crippen LogP contribution in [0.5, 0.6) is 11.5 Å². The second-order valence-corrected chi connectivity index (χ2v) is 10.1. The minimum Gasteiger partial charge on any atom is -0.493 e. The summed E-state index contributed by atoms with van der Waals surface area (Å²) in [5.41, 5.74) is 6.40. The van der Waals surface area contributed by atoms with Gasteiger partial charge >= 0.3 is 6.09 Å². The van der Waals surface area contributed by atoms with Crippen LogP contribution in [-0.2, 0) is 9.53 Å². The molecule has 0 bridgehead atoms. The monoisotopic (exact) mass is 497 g/mol. The average Bonchev–Trinajstić information content (AvgIpc) is 2.81. The molecule has 1 saturated heterocycles. The second-order valence-electron chi connectivity index (χ2n) is 10.1. The summed E-state index contributed by atoms with van der Waals surface area (Å²) < 4.78 is 16.2. The Labute approximate surface area is 212 Å². The molecule has 36 heavy (non-hydrogen) atoms. The number of rotatable bonds is 5. The van der Waals surface area contributed by atoms with Crippen LogP contribution in [0, 0.1) is 0 Å². The maximum atomic E-state index is 13.1. The van der Waals surface area contributed by atoms with Crippen LogP contribution in [-0.4, -0.2) is 76.8 Å². The number of hydrogen-bond acceptors (Lipinski definition) is 8. The van der Waals surface area contributed by atoms with Crippen LogP contribution in [0.25, 0.3) is 17.3 Å². The summed E-state index contributed by atoms with van der Waals surface area (Å²) in [5, 5.41) is 0. The van der Waals surface area contributed by atoms with E-state index in [0.717, 1.165) is 5.56 Å². The number of nitrogens with zero attached hydrogens (tertiary/aromatic N) is 4. The van der Waals surface area contributed by atoms with Crippen LogP contribution in [0.1, 0.15) is 40.4 Å².